The Bertz CT molecular complexity index is 198. The van der Waals surface area contributed by atoms with Gasteiger partial charge in [-0.3, -0.25) is 0 Å². The molecule has 0 bridgehead atoms. The van der Waals surface area contributed by atoms with Crippen molar-refractivity contribution in [3.63, 3.8) is 0 Å². The van der Waals surface area contributed by atoms with Crippen molar-refractivity contribution in [1.29, 1.82) is 0 Å². The van der Waals surface area contributed by atoms with Gasteiger partial charge >= 0.3 is 0 Å². The molecule has 0 aromatic rings. The molecule has 1 nitrogen and oxygen atoms in total. The maximum atomic E-state index is 10.1. The van der Waals surface area contributed by atoms with E-state index in [2.05, 4.69) is 47.2 Å². The van der Waals surface area contributed by atoms with E-state index < -0.39 is 0 Å². The van der Waals surface area contributed by atoms with E-state index >= 15 is 0 Å². The molecule has 0 radical (unpaired) electrons. The molecule has 1 aliphatic rings. The van der Waals surface area contributed by atoms with Gasteiger partial charge in [0.2, 0.25) is 0 Å². The summed E-state index contributed by atoms with van der Waals surface area (Å²) in [7, 11) is 0. The molecule has 1 N–H and O–H groups in total. The summed E-state index contributed by atoms with van der Waals surface area (Å²) in [5, 5.41) is 10.2. The quantitative estimate of drug-likeness (QED) is 0.627. The summed E-state index contributed by atoms with van der Waals surface area (Å²) in [5.74, 6) is 0.380. The van der Waals surface area contributed by atoms with Crippen molar-refractivity contribution < 1.29 is 5.11 Å². The van der Waals surface area contributed by atoms with Crippen molar-refractivity contribution in [1.82, 2.24) is 0 Å². The summed E-state index contributed by atoms with van der Waals surface area (Å²) in [4.78, 5) is 0. The van der Waals surface area contributed by atoms with E-state index in [1.165, 1.54) is 0 Å². The molecule has 1 aliphatic carbocycles. The Morgan fingerprint density at radius 2 is 1.62 bits per heavy atom. The fourth-order valence-corrected chi connectivity index (χ4v) is 3.23. The van der Waals surface area contributed by atoms with Crippen molar-refractivity contribution >= 4 is 12.6 Å². The minimum absolute atomic E-state index is 0.104. The third-order valence-corrected chi connectivity index (χ3v) is 5.45. The highest BCUT2D eigenvalue weighted by atomic mass is 32.1. The van der Waals surface area contributed by atoms with Crippen LogP contribution >= 0.6 is 12.6 Å². The topological polar surface area (TPSA) is 20.2 Å². The van der Waals surface area contributed by atoms with Gasteiger partial charge in [0.15, 0.2) is 0 Å². The van der Waals surface area contributed by atoms with Crippen LogP contribution in [0.2, 0.25) is 0 Å². The lowest BCUT2D eigenvalue weighted by atomic mass is 9.66. The van der Waals surface area contributed by atoms with Gasteiger partial charge in [0.05, 0.1) is 6.10 Å². The van der Waals surface area contributed by atoms with E-state index in [1.54, 1.807) is 0 Å². The number of aliphatic hydroxyl groups is 1. The highest BCUT2D eigenvalue weighted by molar-refractivity contribution is 7.81. The molecule has 1 rings (SSSR count). The van der Waals surface area contributed by atoms with Crippen LogP contribution in [0.25, 0.3) is 0 Å². The maximum absolute atomic E-state index is 10.1. The predicted octanol–water partition coefficient (Wildman–Crippen LogP) is 2.74. The first-order valence-corrected chi connectivity index (χ1v) is 5.64. The lowest BCUT2D eigenvalue weighted by Gasteiger charge is -2.40. The average Bonchev–Trinajstić information content (AvgIpc) is 2.12. The minimum Gasteiger partial charge on any atom is -0.392 e. The molecular formula is C11H22OS. The molecule has 0 aliphatic heterocycles. The lowest BCUT2D eigenvalue weighted by Crippen LogP contribution is -2.35. The van der Waals surface area contributed by atoms with E-state index in [-0.39, 0.29) is 22.2 Å². The Labute approximate surface area is 87.3 Å². The Morgan fingerprint density at radius 3 is 1.77 bits per heavy atom. The Balaban J connectivity index is 3.06. The van der Waals surface area contributed by atoms with E-state index in [9.17, 15) is 5.11 Å². The monoisotopic (exact) mass is 202 g/mol. The number of hydrogen-bond donors (Lipinski definition) is 2. The lowest BCUT2D eigenvalue weighted by molar-refractivity contribution is 0.0707. The summed E-state index contributed by atoms with van der Waals surface area (Å²) in [6.45, 7) is 11.1. The van der Waals surface area contributed by atoms with Gasteiger partial charge in [-0.25, -0.2) is 0 Å². The van der Waals surface area contributed by atoms with Gasteiger partial charge in [0.25, 0.3) is 0 Å². The molecule has 0 saturated heterocycles. The fourth-order valence-electron chi connectivity index (χ4n) is 2.68. The molecular weight excluding hydrogens is 180 g/mol. The number of hydrogen-bond acceptors (Lipinski definition) is 2. The molecule has 0 aromatic heterocycles. The highest BCUT2D eigenvalue weighted by Crippen LogP contribution is 2.58. The van der Waals surface area contributed by atoms with Gasteiger partial charge in [-0.2, -0.15) is 12.6 Å². The molecule has 1 saturated carbocycles. The summed E-state index contributed by atoms with van der Waals surface area (Å²) in [6.07, 6.45) is 0.785. The van der Waals surface area contributed by atoms with Crippen LogP contribution in [-0.4, -0.2) is 16.5 Å². The van der Waals surface area contributed by atoms with Crippen LogP contribution in [0.4, 0.5) is 0 Å². The summed E-state index contributed by atoms with van der Waals surface area (Å²) >= 11 is 4.54. The molecule has 1 fully saturated rings. The molecule has 2 heteroatoms. The van der Waals surface area contributed by atoms with E-state index in [0.29, 0.717) is 5.92 Å². The van der Waals surface area contributed by atoms with E-state index in [1.807, 2.05) is 0 Å². The minimum atomic E-state index is -0.252. The van der Waals surface area contributed by atoms with E-state index in [4.69, 9.17) is 0 Å². The summed E-state index contributed by atoms with van der Waals surface area (Å²) in [6, 6.07) is 0. The van der Waals surface area contributed by atoms with Crippen LogP contribution in [0.15, 0.2) is 0 Å². The second-order valence-electron chi connectivity index (χ2n) is 5.39. The Hall–Kier alpha value is 0.310. The Kier molecular flexibility index (Phi) is 2.77. The van der Waals surface area contributed by atoms with Gasteiger partial charge in [-0.05, 0) is 16.7 Å². The maximum Gasteiger partial charge on any atom is 0.0694 e. The molecule has 0 aromatic carbocycles. The Morgan fingerprint density at radius 1 is 1.15 bits per heavy atom. The van der Waals surface area contributed by atoms with Crippen LogP contribution in [0, 0.1) is 16.7 Å². The number of aliphatic hydroxyl groups excluding tert-OH is 1. The van der Waals surface area contributed by atoms with Gasteiger partial charge < -0.3 is 5.11 Å². The second kappa shape index (κ2) is 3.16. The van der Waals surface area contributed by atoms with E-state index in [0.717, 1.165) is 6.42 Å². The predicted molar refractivity (Wildman–Crippen MR) is 60.1 cm³/mol. The molecule has 0 unspecified atom stereocenters. The molecule has 0 heterocycles. The molecule has 78 valence electrons. The third-order valence-electron chi connectivity index (χ3n) is 4.50. The van der Waals surface area contributed by atoms with Crippen LogP contribution in [0.3, 0.4) is 0 Å². The number of thiol groups is 1. The smallest absolute Gasteiger partial charge is 0.0694 e. The van der Waals surface area contributed by atoms with Crippen molar-refractivity contribution in [3.05, 3.63) is 0 Å². The van der Waals surface area contributed by atoms with Crippen LogP contribution in [-0.2, 0) is 0 Å². The highest BCUT2D eigenvalue weighted by Gasteiger charge is 2.57. The van der Waals surface area contributed by atoms with Crippen molar-refractivity contribution in [2.45, 2.75) is 52.4 Å². The first kappa shape index (κ1) is 11.4. The first-order chi connectivity index (χ1) is 5.76. The average molecular weight is 202 g/mol. The van der Waals surface area contributed by atoms with Gasteiger partial charge in [0, 0.05) is 5.25 Å². The zero-order valence-electron chi connectivity index (χ0n) is 9.33. The SMILES string of the molecule is CC[C@H]1[C@@H](O)[C@H](S)C(C)(C)C1(C)C. The zero-order valence-corrected chi connectivity index (χ0v) is 10.2. The normalized spacial score (nSPS) is 42.2. The third kappa shape index (κ3) is 1.33. The van der Waals surface area contributed by atoms with Crippen molar-refractivity contribution in [3.8, 4) is 0 Å². The van der Waals surface area contributed by atoms with Gasteiger partial charge in [0.1, 0.15) is 0 Å². The van der Waals surface area contributed by atoms with Crippen LogP contribution in [0.1, 0.15) is 41.0 Å². The van der Waals surface area contributed by atoms with Crippen LogP contribution < -0.4 is 0 Å². The zero-order chi connectivity index (χ0) is 10.4. The molecule has 0 amide bonds. The molecule has 0 spiro atoms. The van der Waals surface area contributed by atoms with Crippen molar-refractivity contribution in [2.75, 3.05) is 0 Å². The number of rotatable bonds is 1. The summed E-state index contributed by atoms with van der Waals surface area (Å²) < 4.78 is 0. The fraction of sp³-hybridized carbons (Fsp3) is 1.00. The largest absolute Gasteiger partial charge is 0.392 e. The summed E-state index contributed by atoms with van der Waals surface area (Å²) in [5.41, 5.74) is 0.282. The molecule has 3 atom stereocenters. The van der Waals surface area contributed by atoms with Crippen LogP contribution in [0.5, 0.6) is 0 Å². The van der Waals surface area contributed by atoms with Gasteiger partial charge in [-0.1, -0.05) is 41.0 Å². The first-order valence-electron chi connectivity index (χ1n) is 5.13. The standard InChI is InChI=1S/C11H22OS/c1-6-7-8(12)9(13)11(4,5)10(7,2)3/h7-9,12-13H,6H2,1-5H3/t7-,8+,9-/m0/s1. The van der Waals surface area contributed by atoms with Gasteiger partial charge in [-0.15, -0.1) is 0 Å². The molecule has 13 heavy (non-hydrogen) atoms. The second-order valence-corrected chi connectivity index (χ2v) is 5.95. The van der Waals surface area contributed by atoms with Crippen molar-refractivity contribution in [2.24, 2.45) is 16.7 Å².